The van der Waals surface area contributed by atoms with Crippen molar-refractivity contribution in [2.45, 2.75) is 50.7 Å². The van der Waals surface area contributed by atoms with Crippen LogP contribution in [0.1, 0.15) is 38.5 Å². The fourth-order valence-corrected chi connectivity index (χ4v) is 3.60. The topological polar surface area (TPSA) is 52.6 Å². The molecule has 4 heteroatoms. The van der Waals surface area contributed by atoms with Gasteiger partial charge in [0.15, 0.2) is 0 Å². The number of hydrogen-bond acceptors (Lipinski definition) is 3. The van der Waals surface area contributed by atoms with Crippen LogP contribution < -0.4 is 10.2 Å². The molecule has 1 saturated carbocycles. The van der Waals surface area contributed by atoms with Crippen molar-refractivity contribution in [1.82, 2.24) is 5.32 Å². The molecule has 1 amide bonds. The first-order chi connectivity index (χ1) is 10.7. The molecule has 0 aromatic heterocycles. The first-order valence-electron chi connectivity index (χ1n) is 8.51. The van der Waals surface area contributed by atoms with E-state index >= 15 is 0 Å². The second-order valence-corrected chi connectivity index (χ2v) is 6.63. The summed E-state index contributed by atoms with van der Waals surface area (Å²) < 4.78 is 0. The molecule has 1 aromatic rings. The Hall–Kier alpha value is -1.55. The molecule has 1 aliphatic carbocycles. The molecule has 1 saturated heterocycles. The second kappa shape index (κ2) is 7.14. The molecule has 0 unspecified atom stereocenters. The summed E-state index contributed by atoms with van der Waals surface area (Å²) in [5.41, 5.74) is 1.21. The molecule has 1 atom stereocenters. The molecule has 2 N–H and O–H groups in total. The highest BCUT2D eigenvalue weighted by Crippen LogP contribution is 2.24. The molecule has 4 nitrogen and oxygen atoms in total. The van der Waals surface area contributed by atoms with Crippen molar-refractivity contribution >= 4 is 11.6 Å². The average molecular weight is 302 g/mol. The van der Waals surface area contributed by atoms with Gasteiger partial charge in [-0.1, -0.05) is 18.2 Å². The van der Waals surface area contributed by atoms with E-state index in [0.717, 1.165) is 51.6 Å². The van der Waals surface area contributed by atoms with Gasteiger partial charge in [-0.15, -0.1) is 0 Å². The summed E-state index contributed by atoms with van der Waals surface area (Å²) >= 11 is 0. The van der Waals surface area contributed by atoms with Crippen molar-refractivity contribution in [2.24, 2.45) is 5.92 Å². The number of anilines is 1. The number of hydrogen-bond donors (Lipinski definition) is 2. The maximum atomic E-state index is 12.5. The Labute approximate surface area is 132 Å². The predicted octanol–water partition coefficient (Wildman–Crippen LogP) is 2.32. The van der Waals surface area contributed by atoms with Crippen LogP contribution >= 0.6 is 0 Å². The molecule has 22 heavy (non-hydrogen) atoms. The summed E-state index contributed by atoms with van der Waals surface area (Å²) in [6.45, 7) is 1.84. The number of rotatable bonds is 3. The van der Waals surface area contributed by atoms with E-state index in [1.165, 1.54) is 5.69 Å². The van der Waals surface area contributed by atoms with Crippen molar-refractivity contribution in [3.8, 4) is 0 Å². The monoisotopic (exact) mass is 302 g/mol. The normalized spacial score (nSPS) is 29.1. The van der Waals surface area contributed by atoms with Gasteiger partial charge in [0.1, 0.15) is 0 Å². The quantitative estimate of drug-likeness (QED) is 0.901. The number of amides is 1. The smallest absolute Gasteiger partial charge is 0.225 e. The molecule has 1 aromatic carbocycles. The van der Waals surface area contributed by atoms with Gasteiger partial charge in [-0.25, -0.2) is 0 Å². The van der Waals surface area contributed by atoms with Gasteiger partial charge >= 0.3 is 0 Å². The number of carbonyl (C=O) groups excluding carboxylic acids is 1. The molecule has 0 bridgehead atoms. The largest absolute Gasteiger partial charge is 0.393 e. The van der Waals surface area contributed by atoms with Crippen molar-refractivity contribution < 1.29 is 9.90 Å². The van der Waals surface area contributed by atoms with Crippen molar-refractivity contribution in [3.63, 3.8) is 0 Å². The van der Waals surface area contributed by atoms with Crippen molar-refractivity contribution in [2.75, 3.05) is 18.0 Å². The van der Waals surface area contributed by atoms with Crippen LogP contribution in [-0.4, -0.2) is 36.2 Å². The van der Waals surface area contributed by atoms with Crippen LogP contribution in [0.15, 0.2) is 30.3 Å². The van der Waals surface area contributed by atoms with Crippen LogP contribution in [0, 0.1) is 5.92 Å². The second-order valence-electron chi connectivity index (χ2n) is 6.63. The number of nitrogens with one attached hydrogen (secondary N) is 1. The van der Waals surface area contributed by atoms with Gasteiger partial charge in [0, 0.05) is 24.8 Å². The van der Waals surface area contributed by atoms with E-state index < -0.39 is 0 Å². The Bertz CT molecular complexity index is 483. The van der Waals surface area contributed by atoms with Crippen LogP contribution in [0.3, 0.4) is 0 Å². The van der Waals surface area contributed by atoms with Crippen LogP contribution in [0.5, 0.6) is 0 Å². The lowest BCUT2D eigenvalue weighted by Gasteiger charge is -2.35. The zero-order valence-electron chi connectivity index (χ0n) is 13.1. The minimum absolute atomic E-state index is 0.0841. The fourth-order valence-electron chi connectivity index (χ4n) is 3.60. The lowest BCUT2D eigenvalue weighted by atomic mass is 9.91. The molecule has 2 aliphatic rings. The van der Waals surface area contributed by atoms with E-state index in [0.29, 0.717) is 0 Å². The predicted molar refractivity (Wildman–Crippen MR) is 87.8 cm³/mol. The molecule has 120 valence electrons. The fraction of sp³-hybridized carbons (Fsp3) is 0.611. The number of para-hydroxylation sites is 1. The van der Waals surface area contributed by atoms with E-state index in [-0.39, 0.29) is 24.0 Å². The first kappa shape index (κ1) is 15.3. The number of carbonyl (C=O) groups is 1. The van der Waals surface area contributed by atoms with Gasteiger partial charge in [0.25, 0.3) is 0 Å². The van der Waals surface area contributed by atoms with Gasteiger partial charge in [0.05, 0.1) is 12.0 Å². The molecule has 2 fully saturated rings. The van der Waals surface area contributed by atoms with Crippen molar-refractivity contribution in [3.05, 3.63) is 30.3 Å². The van der Waals surface area contributed by atoms with Crippen LogP contribution in [0.2, 0.25) is 0 Å². The summed E-state index contributed by atoms with van der Waals surface area (Å²) in [7, 11) is 0. The zero-order valence-corrected chi connectivity index (χ0v) is 13.1. The van der Waals surface area contributed by atoms with Crippen LogP contribution in [0.4, 0.5) is 5.69 Å². The summed E-state index contributed by atoms with van der Waals surface area (Å²) in [6, 6.07) is 10.6. The molecule has 0 spiro atoms. The van der Waals surface area contributed by atoms with Gasteiger partial charge in [-0.2, -0.15) is 0 Å². The lowest BCUT2D eigenvalue weighted by Crippen LogP contribution is -2.47. The third kappa shape index (κ3) is 3.80. The molecule has 0 radical (unpaired) electrons. The first-order valence-corrected chi connectivity index (χ1v) is 8.51. The lowest BCUT2D eigenvalue weighted by molar-refractivity contribution is -0.126. The number of aliphatic hydroxyl groups is 1. The van der Waals surface area contributed by atoms with Gasteiger partial charge in [0.2, 0.25) is 5.91 Å². The minimum atomic E-state index is -0.170. The maximum absolute atomic E-state index is 12.5. The standard InChI is InChI=1S/C18H26N2O2/c21-17-10-8-15(9-11-17)19-18(22)14-5-4-12-20(13-14)16-6-2-1-3-7-16/h1-3,6-7,14-15,17,21H,4-5,8-13H2,(H,19,22)/t14-,15-,17-/m0/s1. The Kier molecular flexibility index (Phi) is 4.98. The summed E-state index contributed by atoms with van der Waals surface area (Å²) in [6.07, 6.45) is 5.30. The minimum Gasteiger partial charge on any atom is -0.393 e. The zero-order chi connectivity index (χ0) is 15.4. The Morgan fingerprint density at radius 2 is 1.82 bits per heavy atom. The SMILES string of the molecule is O=C(N[C@H]1CC[C@H](O)CC1)[C@H]1CCCN(c2ccccc2)C1. The van der Waals surface area contributed by atoms with E-state index in [1.54, 1.807) is 0 Å². The summed E-state index contributed by atoms with van der Waals surface area (Å²) in [4.78, 5) is 14.8. The van der Waals surface area contributed by atoms with Gasteiger partial charge < -0.3 is 15.3 Å². The number of aliphatic hydroxyl groups excluding tert-OH is 1. The van der Waals surface area contributed by atoms with Crippen LogP contribution in [-0.2, 0) is 4.79 Å². The molecule has 1 heterocycles. The molecule has 1 aliphatic heterocycles. The highest BCUT2D eigenvalue weighted by atomic mass is 16.3. The van der Waals surface area contributed by atoms with E-state index in [1.807, 2.05) is 18.2 Å². The number of nitrogens with zero attached hydrogens (tertiary/aromatic N) is 1. The highest BCUT2D eigenvalue weighted by molar-refractivity contribution is 5.80. The highest BCUT2D eigenvalue weighted by Gasteiger charge is 2.28. The summed E-state index contributed by atoms with van der Waals surface area (Å²) in [5.74, 6) is 0.280. The van der Waals surface area contributed by atoms with Crippen molar-refractivity contribution in [1.29, 1.82) is 0 Å². The number of piperidine rings is 1. The van der Waals surface area contributed by atoms with Gasteiger partial charge in [-0.05, 0) is 50.7 Å². The Morgan fingerprint density at radius 1 is 1.09 bits per heavy atom. The third-order valence-electron chi connectivity index (χ3n) is 4.96. The Balaban J connectivity index is 1.54. The maximum Gasteiger partial charge on any atom is 0.225 e. The molecular weight excluding hydrogens is 276 g/mol. The van der Waals surface area contributed by atoms with E-state index in [9.17, 15) is 9.90 Å². The van der Waals surface area contributed by atoms with E-state index in [4.69, 9.17) is 0 Å². The molecular formula is C18H26N2O2. The third-order valence-corrected chi connectivity index (χ3v) is 4.96. The van der Waals surface area contributed by atoms with E-state index in [2.05, 4.69) is 22.3 Å². The summed E-state index contributed by atoms with van der Waals surface area (Å²) in [5, 5.41) is 12.8. The van der Waals surface area contributed by atoms with Crippen LogP contribution in [0.25, 0.3) is 0 Å². The number of benzene rings is 1. The average Bonchev–Trinajstić information content (AvgIpc) is 2.58. The molecule has 3 rings (SSSR count). The van der Waals surface area contributed by atoms with Gasteiger partial charge in [-0.3, -0.25) is 4.79 Å². The Morgan fingerprint density at radius 3 is 2.55 bits per heavy atom.